The molecule has 26 heavy (non-hydrogen) atoms. The second-order valence-corrected chi connectivity index (χ2v) is 8.98. The van der Waals surface area contributed by atoms with Gasteiger partial charge in [0.05, 0.1) is 0 Å². The summed E-state index contributed by atoms with van der Waals surface area (Å²) in [5.41, 5.74) is 2.83. The van der Waals surface area contributed by atoms with Gasteiger partial charge in [0.25, 0.3) is 6.29 Å². The Kier molecular flexibility index (Phi) is 5.06. The minimum absolute atomic E-state index is 0.204. The van der Waals surface area contributed by atoms with Crippen LogP contribution in [0, 0.1) is 22.7 Å². The highest BCUT2D eigenvalue weighted by Crippen LogP contribution is 2.62. The number of carbonyl (C=O) groups excluding carboxylic acids is 2. The molecule has 144 valence electrons. The number of rotatable bonds is 4. The van der Waals surface area contributed by atoms with E-state index in [1.54, 1.807) is 5.57 Å². The van der Waals surface area contributed by atoms with Crippen LogP contribution >= 0.6 is 0 Å². The van der Waals surface area contributed by atoms with Crippen LogP contribution < -0.4 is 0 Å². The predicted molar refractivity (Wildman–Crippen MR) is 100 cm³/mol. The second-order valence-electron chi connectivity index (χ2n) is 8.98. The highest BCUT2D eigenvalue weighted by molar-refractivity contribution is 5.86. The lowest BCUT2D eigenvalue weighted by molar-refractivity contribution is -0.172. The van der Waals surface area contributed by atoms with Crippen molar-refractivity contribution in [3.63, 3.8) is 0 Å². The van der Waals surface area contributed by atoms with Gasteiger partial charge in [-0.15, -0.1) is 0 Å². The van der Waals surface area contributed by atoms with Gasteiger partial charge < -0.3 is 9.47 Å². The Bertz CT molecular complexity index is 661. The van der Waals surface area contributed by atoms with Crippen LogP contribution in [0.25, 0.3) is 0 Å². The molecule has 5 atom stereocenters. The first kappa shape index (κ1) is 19.2. The van der Waals surface area contributed by atoms with Crippen LogP contribution in [0.4, 0.5) is 0 Å². The predicted octanol–water partition coefficient (Wildman–Crippen LogP) is 4.94. The Balaban J connectivity index is 1.79. The fourth-order valence-electron chi connectivity index (χ4n) is 5.62. The molecule has 0 amide bonds. The average molecular weight is 360 g/mol. The van der Waals surface area contributed by atoms with Crippen LogP contribution in [0.3, 0.4) is 0 Å². The molecule has 2 aliphatic carbocycles. The Hall–Kier alpha value is -1.58. The van der Waals surface area contributed by atoms with Crippen LogP contribution in [0.5, 0.6) is 0 Å². The fourth-order valence-corrected chi connectivity index (χ4v) is 5.62. The lowest BCUT2D eigenvalue weighted by atomic mass is 9.47. The van der Waals surface area contributed by atoms with E-state index in [1.165, 1.54) is 32.3 Å². The van der Waals surface area contributed by atoms with Gasteiger partial charge >= 0.3 is 11.9 Å². The molecule has 0 saturated heterocycles. The Labute approximate surface area is 157 Å². The zero-order valence-corrected chi connectivity index (χ0v) is 16.8. The van der Waals surface area contributed by atoms with Crippen molar-refractivity contribution in [2.24, 2.45) is 22.7 Å². The van der Waals surface area contributed by atoms with Crippen molar-refractivity contribution in [1.29, 1.82) is 0 Å². The summed E-state index contributed by atoms with van der Waals surface area (Å²) in [6, 6.07) is 0. The summed E-state index contributed by atoms with van der Waals surface area (Å²) in [6.45, 7) is 10.9. The number of esters is 2. The van der Waals surface area contributed by atoms with Crippen molar-refractivity contribution in [2.45, 2.75) is 79.4 Å². The number of ether oxygens (including phenoxy) is 2. The molecular formula is C22H32O4. The van der Waals surface area contributed by atoms with Crippen molar-refractivity contribution >= 4 is 11.9 Å². The molecule has 0 bridgehead atoms. The maximum absolute atomic E-state index is 11.7. The first-order valence-electron chi connectivity index (χ1n) is 9.92. The highest BCUT2D eigenvalue weighted by Gasteiger charge is 2.53. The van der Waals surface area contributed by atoms with Crippen molar-refractivity contribution in [3.05, 3.63) is 23.3 Å². The largest absolute Gasteiger partial charge is 0.421 e. The molecule has 3 rings (SSSR count). The number of allylic oxidation sites excluding steroid dienone is 2. The van der Waals surface area contributed by atoms with E-state index in [9.17, 15) is 9.59 Å². The maximum atomic E-state index is 11.7. The van der Waals surface area contributed by atoms with Crippen molar-refractivity contribution < 1.29 is 19.1 Å². The first-order valence-corrected chi connectivity index (χ1v) is 9.92. The van der Waals surface area contributed by atoms with E-state index in [-0.39, 0.29) is 10.8 Å². The van der Waals surface area contributed by atoms with E-state index >= 15 is 0 Å². The molecular weight excluding hydrogens is 328 g/mol. The van der Waals surface area contributed by atoms with Crippen LogP contribution in [0.15, 0.2) is 23.3 Å². The molecule has 0 radical (unpaired) electrons. The lowest BCUT2D eigenvalue weighted by Gasteiger charge is -2.58. The molecule has 0 N–H and O–H groups in total. The van der Waals surface area contributed by atoms with Crippen molar-refractivity contribution in [2.75, 3.05) is 0 Å². The van der Waals surface area contributed by atoms with Gasteiger partial charge in [0.2, 0.25) is 0 Å². The Morgan fingerprint density at radius 1 is 1.35 bits per heavy atom. The van der Waals surface area contributed by atoms with Gasteiger partial charge in [0, 0.05) is 18.6 Å². The van der Waals surface area contributed by atoms with E-state index in [0.29, 0.717) is 11.8 Å². The zero-order chi connectivity index (χ0) is 19.1. The summed E-state index contributed by atoms with van der Waals surface area (Å²) >= 11 is 0. The quantitative estimate of drug-likeness (QED) is 0.526. The summed E-state index contributed by atoms with van der Waals surface area (Å²) in [4.78, 5) is 23.0. The Morgan fingerprint density at radius 2 is 2.08 bits per heavy atom. The van der Waals surface area contributed by atoms with Crippen LogP contribution in [0.2, 0.25) is 0 Å². The molecule has 0 spiro atoms. The molecule has 4 heteroatoms. The highest BCUT2D eigenvalue weighted by atomic mass is 16.7. The van der Waals surface area contributed by atoms with Gasteiger partial charge in [0.15, 0.2) is 0 Å². The number of carbonyl (C=O) groups is 2. The summed E-state index contributed by atoms with van der Waals surface area (Å²) in [5, 5.41) is 0. The average Bonchev–Trinajstić information content (AvgIpc) is 2.90. The van der Waals surface area contributed by atoms with E-state index in [2.05, 4.69) is 33.8 Å². The molecule has 1 aliphatic heterocycles. The van der Waals surface area contributed by atoms with Crippen molar-refractivity contribution in [1.82, 2.24) is 0 Å². The first-order chi connectivity index (χ1) is 12.2. The summed E-state index contributed by atoms with van der Waals surface area (Å²) in [7, 11) is 0. The minimum atomic E-state index is -0.832. The van der Waals surface area contributed by atoms with Gasteiger partial charge in [-0.2, -0.15) is 0 Å². The molecule has 3 aliphatic rings. The zero-order valence-electron chi connectivity index (χ0n) is 16.8. The van der Waals surface area contributed by atoms with Gasteiger partial charge in [-0.05, 0) is 68.1 Å². The summed E-state index contributed by atoms with van der Waals surface area (Å²) in [6.07, 6.45) is 9.72. The van der Waals surface area contributed by atoms with E-state index in [1.807, 2.05) is 0 Å². The normalized spacial score (nSPS) is 39.6. The number of hydrogen-bond acceptors (Lipinski definition) is 4. The second kappa shape index (κ2) is 6.86. The molecule has 1 fully saturated rings. The Morgan fingerprint density at radius 3 is 2.77 bits per heavy atom. The standard InChI is InChI=1S/C22H32O4/c1-14-7-6-8-18-21(14,4)11-9-15(2)22(18,5)12-10-17-13-19(24)26-20(17)25-16(3)23/h7,13,15,18,20H,6,8-12H2,1-5H3/t15-,18?,20+,21+,22+/m1/s1. The monoisotopic (exact) mass is 360 g/mol. The summed E-state index contributed by atoms with van der Waals surface area (Å²) < 4.78 is 10.3. The van der Waals surface area contributed by atoms with Gasteiger partial charge in [-0.25, -0.2) is 4.79 Å². The number of fused-ring (bicyclic) bond motifs is 1. The third-order valence-corrected chi connectivity index (χ3v) is 7.65. The van der Waals surface area contributed by atoms with Gasteiger partial charge in [-0.1, -0.05) is 32.4 Å². The minimum Gasteiger partial charge on any atom is -0.421 e. The topological polar surface area (TPSA) is 52.6 Å². The van der Waals surface area contributed by atoms with Crippen LogP contribution in [0.1, 0.15) is 73.1 Å². The number of cyclic esters (lactones) is 1. The molecule has 4 nitrogen and oxygen atoms in total. The maximum Gasteiger partial charge on any atom is 0.334 e. The van der Waals surface area contributed by atoms with Gasteiger partial charge in [-0.3, -0.25) is 4.79 Å². The molecule has 1 heterocycles. The molecule has 1 unspecified atom stereocenters. The third kappa shape index (κ3) is 3.23. The fraction of sp³-hybridized carbons (Fsp3) is 0.727. The SMILES string of the molecule is CC(=O)O[C@H]1OC(=O)C=C1CC[C@]1(C)C2CCC=C(C)[C@]2(C)CC[C@H]1C. The summed E-state index contributed by atoms with van der Waals surface area (Å²) in [5.74, 6) is 0.453. The van der Waals surface area contributed by atoms with E-state index in [0.717, 1.165) is 24.8 Å². The van der Waals surface area contributed by atoms with Crippen molar-refractivity contribution in [3.8, 4) is 0 Å². The van der Waals surface area contributed by atoms with E-state index < -0.39 is 18.2 Å². The number of hydrogen-bond donors (Lipinski definition) is 0. The van der Waals surface area contributed by atoms with Gasteiger partial charge in [0.1, 0.15) is 0 Å². The molecule has 0 aromatic carbocycles. The lowest BCUT2D eigenvalue weighted by Crippen LogP contribution is -2.49. The smallest absolute Gasteiger partial charge is 0.334 e. The molecule has 0 aromatic heterocycles. The molecule has 0 aromatic rings. The third-order valence-electron chi connectivity index (χ3n) is 7.65. The molecule has 1 saturated carbocycles. The van der Waals surface area contributed by atoms with Crippen LogP contribution in [-0.2, 0) is 19.1 Å². The van der Waals surface area contributed by atoms with E-state index in [4.69, 9.17) is 9.47 Å². The van der Waals surface area contributed by atoms with Crippen LogP contribution in [-0.4, -0.2) is 18.2 Å².